The van der Waals surface area contributed by atoms with Crippen molar-refractivity contribution in [2.45, 2.75) is 24.9 Å². The van der Waals surface area contributed by atoms with Crippen molar-refractivity contribution in [2.75, 3.05) is 51.4 Å². The maximum atomic E-state index is 12.9. The molecule has 2 aliphatic heterocycles. The number of nitrogens with zero attached hydrogens (tertiary/aromatic N) is 2. The number of carbonyl (C=O) groups excluding carboxylic acids is 4. The van der Waals surface area contributed by atoms with Crippen LogP contribution in [0.4, 0.5) is 0 Å². The lowest BCUT2D eigenvalue weighted by Crippen LogP contribution is -2.64. The van der Waals surface area contributed by atoms with Crippen molar-refractivity contribution in [3.63, 3.8) is 0 Å². The fourth-order valence-corrected chi connectivity index (χ4v) is 3.87. The smallest absolute Gasteiger partial charge is 0.313 e. The van der Waals surface area contributed by atoms with E-state index in [4.69, 9.17) is 9.84 Å². The molecule has 29 heavy (non-hydrogen) atoms. The number of carboxylic acid groups (broad SMARTS) is 1. The van der Waals surface area contributed by atoms with Crippen molar-refractivity contribution in [2.24, 2.45) is 0 Å². The van der Waals surface area contributed by atoms with Crippen molar-refractivity contribution < 1.29 is 33.8 Å². The number of nitrogens with one attached hydrogen (secondary N) is 2. The van der Waals surface area contributed by atoms with E-state index in [0.29, 0.717) is 13.0 Å². The second kappa shape index (κ2) is 11.0. The van der Waals surface area contributed by atoms with Crippen molar-refractivity contribution in [3.8, 4) is 0 Å². The Bertz CT molecular complexity index is 660. The van der Waals surface area contributed by atoms with E-state index in [1.165, 1.54) is 16.9 Å². The maximum Gasteiger partial charge on any atom is 0.313 e. The summed E-state index contributed by atoms with van der Waals surface area (Å²) < 4.78 is 4.88. The summed E-state index contributed by atoms with van der Waals surface area (Å²) in [5, 5.41) is 14.0. The first-order valence-corrected chi connectivity index (χ1v) is 10.4. The number of carboxylic acids is 1. The zero-order valence-corrected chi connectivity index (χ0v) is 17.0. The Morgan fingerprint density at radius 2 is 2.00 bits per heavy atom. The van der Waals surface area contributed by atoms with Crippen molar-refractivity contribution in [1.82, 2.24) is 20.4 Å². The fraction of sp³-hybridized carbons (Fsp3) is 0.706. The Morgan fingerprint density at radius 1 is 1.24 bits per heavy atom. The third kappa shape index (κ3) is 6.60. The molecule has 12 heteroatoms. The Kier molecular flexibility index (Phi) is 8.70. The molecule has 0 radical (unpaired) electrons. The number of hydrogen-bond donors (Lipinski definition) is 3. The molecular weight excluding hydrogens is 404 g/mol. The number of hydrogen-bond acceptors (Lipinski definition) is 7. The Morgan fingerprint density at radius 3 is 2.66 bits per heavy atom. The standard InChI is InChI=1S/C17H26N4O7S/c1-28-8-13(22)21-6-5-20(14(23)9-29-10-15(24)25)7-12(21)17(27)19-11-3-2-4-18-16(11)26/h11-12H,2-10H2,1H3,(H,18,26)(H,19,27)(H,24,25). The highest BCUT2D eigenvalue weighted by Gasteiger charge is 2.38. The molecule has 2 fully saturated rings. The SMILES string of the molecule is COCC(=O)N1CCN(C(=O)CSCC(=O)O)CC1C(=O)NC1CCCNC1=O. The Labute approximate surface area is 172 Å². The number of piperidine rings is 1. The van der Waals surface area contributed by atoms with Crippen LogP contribution in [0.1, 0.15) is 12.8 Å². The Balaban J connectivity index is 2.05. The number of ether oxygens (including phenoxy) is 1. The van der Waals surface area contributed by atoms with Crippen LogP contribution in [0, 0.1) is 0 Å². The van der Waals surface area contributed by atoms with E-state index in [2.05, 4.69) is 10.6 Å². The van der Waals surface area contributed by atoms with Crippen LogP contribution in [0.5, 0.6) is 0 Å². The Hall–Kier alpha value is -2.34. The molecule has 2 atom stereocenters. The lowest BCUT2D eigenvalue weighted by atomic mass is 10.0. The summed E-state index contributed by atoms with van der Waals surface area (Å²) in [6.07, 6.45) is 1.24. The first-order chi connectivity index (χ1) is 13.8. The summed E-state index contributed by atoms with van der Waals surface area (Å²) in [5.74, 6) is -2.70. The highest BCUT2D eigenvalue weighted by Crippen LogP contribution is 2.14. The highest BCUT2D eigenvalue weighted by molar-refractivity contribution is 8.00. The average Bonchev–Trinajstić information content (AvgIpc) is 2.69. The zero-order chi connectivity index (χ0) is 21.4. The molecule has 0 bridgehead atoms. The van der Waals surface area contributed by atoms with Gasteiger partial charge in [-0.3, -0.25) is 24.0 Å². The van der Waals surface area contributed by atoms with Crippen LogP contribution in [0.3, 0.4) is 0 Å². The van der Waals surface area contributed by atoms with Gasteiger partial charge in [0.25, 0.3) is 0 Å². The number of thioether (sulfide) groups is 1. The van der Waals surface area contributed by atoms with Gasteiger partial charge in [-0.2, -0.15) is 0 Å². The van der Waals surface area contributed by atoms with Gasteiger partial charge in [0.15, 0.2) is 0 Å². The molecule has 2 saturated heterocycles. The molecule has 0 spiro atoms. The van der Waals surface area contributed by atoms with Crippen LogP contribution in [-0.2, 0) is 28.7 Å². The third-order valence-corrected chi connectivity index (χ3v) is 5.58. The molecule has 0 aromatic heterocycles. The van der Waals surface area contributed by atoms with E-state index in [1.54, 1.807) is 0 Å². The van der Waals surface area contributed by atoms with Gasteiger partial charge in [0.1, 0.15) is 18.7 Å². The number of aliphatic carboxylic acids is 1. The van der Waals surface area contributed by atoms with Crippen LogP contribution in [0.25, 0.3) is 0 Å². The summed E-state index contributed by atoms with van der Waals surface area (Å²) in [6.45, 7) is 0.712. The van der Waals surface area contributed by atoms with E-state index in [0.717, 1.165) is 18.2 Å². The second-order valence-corrected chi connectivity index (χ2v) is 7.74. The highest BCUT2D eigenvalue weighted by atomic mass is 32.2. The first kappa shape index (κ1) is 22.9. The lowest BCUT2D eigenvalue weighted by molar-refractivity contribution is -0.150. The molecule has 0 aromatic carbocycles. The van der Waals surface area contributed by atoms with Crippen LogP contribution in [-0.4, -0.2) is 108 Å². The minimum Gasteiger partial charge on any atom is -0.481 e. The van der Waals surface area contributed by atoms with Crippen molar-refractivity contribution >= 4 is 41.4 Å². The maximum absolute atomic E-state index is 12.9. The zero-order valence-electron chi connectivity index (χ0n) is 16.2. The van der Waals surface area contributed by atoms with Crippen LogP contribution in [0.15, 0.2) is 0 Å². The molecular formula is C17H26N4O7S. The predicted octanol–water partition coefficient (Wildman–Crippen LogP) is -2.12. The molecule has 2 heterocycles. The minimum absolute atomic E-state index is 0.0257. The number of rotatable bonds is 8. The van der Waals surface area contributed by atoms with E-state index in [9.17, 15) is 24.0 Å². The summed E-state index contributed by atoms with van der Waals surface area (Å²) in [4.78, 5) is 62.9. The fourth-order valence-electron chi connectivity index (χ4n) is 3.23. The van der Waals surface area contributed by atoms with Gasteiger partial charge in [0, 0.05) is 26.7 Å². The third-order valence-electron chi connectivity index (χ3n) is 4.68. The first-order valence-electron chi connectivity index (χ1n) is 9.27. The molecule has 0 saturated carbocycles. The van der Waals surface area contributed by atoms with E-state index >= 15 is 0 Å². The van der Waals surface area contributed by atoms with E-state index < -0.39 is 24.0 Å². The summed E-state index contributed by atoms with van der Waals surface area (Å²) >= 11 is 0.972. The molecule has 11 nitrogen and oxygen atoms in total. The number of methoxy groups -OCH3 is 1. The molecule has 162 valence electrons. The summed E-state index contributed by atoms with van der Waals surface area (Å²) in [7, 11) is 1.37. The van der Waals surface area contributed by atoms with Gasteiger partial charge in [-0.1, -0.05) is 0 Å². The average molecular weight is 430 g/mol. The normalized spacial score (nSPS) is 22.0. The van der Waals surface area contributed by atoms with Gasteiger partial charge in [-0.15, -0.1) is 11.8 Å². The molecule has 2 unspecified atom stereocenters. The largest absolute Gasteiger partial charge is 0.481 e. The van der Waals surface area contributed by atoms with E-state index in [-0.39, 0.29) is 55.5 Å². The molecule has 3 N–H and O–H groups in total. The lowest BCUT2D eigenvalue weighted by Gasteiger charge is -2.41. The summed E-state index contributed by atoms with van der Waals surface area (Å²) in [6, 6.07) is -1.62. The predicted molar refractivity (Wildman–Crippen MR) is 103 cm³/mol. The topological polar surface area (TPSA) is 145 Å². The molecule has 2 aliphatic rings. The number of amides is 4. The second-order valence-electron chi connectivity index (χ2n) is 6.76. The van der Waals surface area contributed by atoms with Gasteiger partial charge in [0.05, 0.1) is 18.1 Å². The van der Waals surface area contributed by atoms with Crippen LogP contribution < -0.4 is 10.6 Å². The van der Waals surface area contributed by atoms with E-state index in [1.807, 2.05) is 0 Å². The van der Waals surface area contributed by atoms with Crippen LogP contribution >= 0.6 is 11.8 Å². The number of carbonyl (C=O) groups is 5. The van der Waals surface area contributed by atoms with Crippen molar-refractivity contribution in [3.05, 3.63) is 0 Å². The number of piperazine rings is 1. The van der Waals surface area contributed by atoms with Gasteiger partial charge in [-0.05, 0) is 12.8 Å². The summed E-state index contributed by atoms with van der Waals surface area (Å²) in [5.41, 5.74) is 0. The molecule has 0 aromatic rings. The van der Waals surface area contributed by atoms with Gasteiger partial charge < -0.3 is 30.3 Å². The van der Waals surface area contributed by atoms with Crippen molar-refractivity contribution in [1.29, 1.82) is 0 Å². The van der Waals surface area contributed by atoms with Gasteiger partial charge in [-0.25, -0.2) is 0 Å². The van der Waals surface area contributed by atoms with Gasteiger partial charge in [0.2, 0.25) is 23.6 Å². The quantitative estimate of drug-likeness (QED) is 0.396. The molecule has 4 amide bonds. The molecule has 2 rings (SSSR count). The molecule has 0 aliphatic carbocycles. The minimum atomic E-state index is -1.01. The van der Waals surface area contributed by atoms with Gasteiger partial charge >= 0.3 is 5.97 Å². The van der Waals surface area contributed by atoms with Crippen LogP contribution in [0.2, 0.25) is 0 Å². The monoisotopic (exact) mass is 430 g/mol.